The van der Waals surface area contributed by atoms with Gasteiger partial charge in [0.1, 0.15) is 5.75 Å². The Hall–Kier alpha value is -3.39. The van der Waals surface area contributed by atoms with Crippen LogP contribution in [0.1, 0.15) is 32.7 Å². The van der Waals surface area contributed by atoms with Gasteiger partial charge in [-0.3, -0.25) is 14.5 Å². The van der Waals surface area contributed by atoms with Crippen molar-refractivity contribution >= 4 is 29.2 Å². The molecular weight excluding hydrogens is 374 g/mol. The molecule has 0 fully saturated rings. The summed E-state index contributed by atoms with van der Waals surface area (Å²) in [4.78, 5) is 38.6. The highest BCUT2D eigenvalue weighted by Crippen LogP contribution is 2.27. The number of carbonyl (C=O) groups is 3. The number of anilines is 2. The number of nitrogens with zero attached hydrogens (tertiary/aromatic N) is 1. The molecule has 0 spiro atoms. The molecule has 0 aliphatic carbocycles. The first-order valence-corrected chi connectivity index (χ1v) is 9.16. The Bertz CT molecular complexity index is 957. The van der Waals surface area contributed by atoms with Crippen LogP contribution in [0, 0.1) is 6.92 Å². The molecule has 2 N–H and O–H groups in total. The van der Waals surface area contributed by atoms with E-state index in [1.165, 1.54) is 18.1 Å². The van der Waals surface area contributed by atoms with Crippen LogP contribution in [-0.4, -0.2) is 50.1 Å². The van der Waals surface area contributed by atoms with Gasteiger partial charge in [-0.15, -0.1) is 0 Å². The van der Waals surface area contributed by atoms with Crippen molar-refractivity contribution in [2.75, 3.05) is 38.0 Å². The third kappa shape index (κ3) is 4.38. The van der Waals surface area contributed by atoms with Crippen molar-refractivity contribution < 1.29 is 23.9 Å². The number of ether oxygens (including phenoxy) is 2. The Kier molecular flexibility index (Phi) is 6.13. The smallest absolute Gasteiger partial charge is 0.323 e. The summed E-state index contributed by atoms with van der Waals surface area (Å²) >= 11 is 0. The van der Waals surface area contributed by atoms with Gasteiger partial charge in [0.05, 0.1) is 23.9 Å². The number of carbonyl (C=O) groups excluding carboxylic acids is 3. The zero-order valence-electron chi connectivity index (χ0n) is 16.6. The van der Waals surface area contributed by atoms with Crippen molar-refractivity contribution in [2.45, 2.75) is 13.3 Å². The lowest BCUT2D eigenvalue weighted by molar-refractivity contribution is 0.0638. The van der Waals surface area contributed by atoms with Gasteiger partial charge in [-0.1, -0.05) is 6.07 Å². The molecule has 0 unspecified atom stereocenters. The summed E-state index contributed by atoms with van der Waals surface area (Å²) in [5.41, 5.74) is 2.52. The number of urea groups is 1. The van der Waals surface area contributed by atoms with Gasteiger partial charge in [0.25, 0.3) is 11.8 Å². The first kappa shape index (κ1) is 20.3. The number of aryl methyl sites for hydroxylation is 1. The average Bonchev–Trinajstić information content (AvgIpc) is 2.92. The fourth-order valence-electron chi connectivity index (χ4n) is 3.14. The molecule has 3 rings (SSSR count). The molecule has 2 aromatic rings. The molecular formula is C21H23N3O5. The molecule has 0 saturated carbocycles. The molecule has 0 radical (unpaired) electrons. The molecule has 4 amide bonds. The summed E-state index contributed by atoms with van der Waals surface area (Å²) in [5, 5.41) is 5.42. The van der Waals surface area contributed by atoms with E-state index in [2.05, 4.69) is 10.6 Å². The number of amides is 4. The standard InChI is InChI=1S/C21H23N3O5/c1-13-5-8-18(29-3)17(11-13)23-21(27)22-14-6-7-15-16(12-14)20(26)24(19(15)25)9-4-10-28-2/h5-8,11-12H,4,9-10H2,1-3H3,(H2,22,23,27). The van der Waals surface area contributed by atoms with Crippen LogP contribution in [0.15, 0.2) is 36.4 Å². The van der Waals surface area contributed by atoms with Gasteiger partial charge in [0, 0.05) is 25.9 Å². The SMILES string of the molecule is COCCCN1C(=O)c2ccc(NC(=O)Nc3cc(C)ccc3OC)cc2C1=O. The first-order chi connectivity index (χ1) is 13.9. The molecule has 0 aromatic heterocycles. The number of benzene rings is 2. The van der Waals surface area contributed by atoms with Crippen LogP contribution in [0.3, 0.4) is 0 Å². The molecule has 0 atom stereocenters. The van der Waals surface area contributed by atoms with E-state index in [1.54, 1.807) is 31.4 Å². The molecule has 1 aliphatic heterocycles. The molecule has 152 valence electrons. The summed E-state index contributed by atoms with van der Waals surface area (Å²) in [6.07, 6.45) is 0.563. The molecule has 1 aliphatic rings. The molecule has 2 aromatic carbocycles. The highest BCUT2D eigenvalue weighted by atomic mass is 16.5. The monoisotopic (exact) mass is 397 g/mol. The molecule has 0 bridgehead atoms. The van der Waals surface area contributed by atoms with Crippen LogP contribution in [-0.2, 0) is 4.74 Å². The van der Waals surface area contributed by atoms with E-state index >= 15 is 0 Å². The van der Waals surface area contributed by atoms with Gasteiger partial charge in [-0.2, -0.15) is 0 Å². The summed E-state index contributed by atoms with van der Waals surface area (Å²) < 4.78 is 10.2. The van der Waals surface area contributed by atoms with Crippen LogP contribution in [0.2, 0.25) is 0 Å². The lowest BCUT2D eigenvalue weighted by Crippen LogP contribution is -2.31. The second kappa shape index (κ2) is 8.74. The number of hydrogen-bond acceptors (Lipinski definition) is 5. The van der Waals surface area contributed by atoms with Crippen molar-refractivity contribution in [1.29, 1.82) is 0 Å². The Morgan fingerprint density at radius 1 is 1.00 bits per heavy atom. The highest BCUT2D eigenvalue weighted by Gasteiger charge is 2.35. The van der Waals surface area contributed by atoms with Gasteiger partial charge < -0.3 is 20.1 Å². The number of hydrogen-bond donors (Lipinski definition) is 2. The fourth-order valence-corrected chi connectivity index (χ4v) is 3.14. The number of rotatable bonds is 7. The van der Waals surface area contributed by atoms with E-state index in [-0.39, 0.29) is 23.9 Å². The maximum Gasteiger partial charge on any atom is 0.323 e. The molecule has 0 saturated heterocycles. The first-order valence-electron chi connectivity index (χ1n) is 9.16. The predicted molar refractivity (Wildman–Crippen MR) is 109 cm³/mol. The lowest BCUT2D eigenvalue weighted by Gasteiger charge is -2.13. The molecule has 8 heteroatoms. The summed E-state index contributed by atoms with van der Waals surface area (Å²) in [6, 6.07) is 9.61. The third-order valence-electron chi connectivity index (χ3n) is 4.56. The topological polar surface area (TPSA) is 97.0 Å². The van der Waals surface area contributed by atoms with E-state index < -0.39 is 6.03 Å². The average molecular weight is 397 g/mol. The zero-order chi connectivity index (χ0) is 21.0. The number of methoxy groups -OCH3 is 2. The number of fused-ring (bicyclic) bond motifs is 1. The maximum absolute atomic E-state index is 12.6. The van der Waals surface area contributed by atoms with Gasteiger partial charge in [-0.25, -0.2) is 4.79 Å². The molecule has 29 heavy (non-hydrogen) atoms. The van der Waals surface area contributed by atoms with Crippen LogP contribution < -0.4 is 15.4 Å². The molecule has 1 heterocycles. The lowest BCUT2D eigenvalue weighted by atomic mass is 10.1. The van der Waals surface area contributed by atoms with E-state index in [9.17, 15) is 14.4 Å². The van der Waals surface area contributed by atoms with Crippen LogP contribution in [0.25, 0.3) is 0 Å². The Morgan fingerprint density at radius 3 is 2.48 bits per heavy atom. The van der Waals surface area contributed by atoms with Crippen molar-refractivity contribution in [3.05, 3.63) is 53.1 Å². The van der Waals surface area contributed by atoms with Crippen LogP contribution >= 0.6 is 0 Å². The predicted octanol–water partition coefficient (Wildman–Crippen LogP) is 3.28. The molecule has 8 nitrogen and oxygen atoms in total. The highest BCUT2D eigenvalue weighted by molar-refractivity contribution is 6.22. The second-order valence-electron chi connectivity index (χ2n) is 6.65. The van der Waals surface area contributed by atoms with Crippen molar-refractivity contribution in [2.24, 2.45) is 0 Å². The summed E-state index contributed by atoms with van der Waals surface area (Å²) in [7, 11) is 3.09. The van der Waals surface area contributed by atoms with E-state index in [1.807, 2.05) is 13.0 Å². The third-order valence-corrected chi connectivity index (χ3v) is 4.56. The van der Waals surface area contributed by atoms with E-state index in [4.69, 9.17) is 9.47 Å². The maximum atomic E-state index is 12.6. The quantitative estimate of drug-likeness (QED) is 0.552. The van der Waals surface area contributed by atoms with Gasteiger partial charge in [-0.05, 0) is 49.2 Å². The van der Waals surface area contributed by atoms with Crippen LogP contribution in [0.5, 0.6) is 5.75 Å². The summed E-state index contributed by atoms with van der Waals surface area (Å²) in [5.74, 6) is -0.167. The van der Waals surface area contributed by atoms with Crippen LogP contribution in [0.4, 0.5) is 16.2 Å². The summed E-state index contributed by atoms with van der Waals surface area (Å²) in [6.45, 7) is 2.66. The Labute approximate surface area is 168 Å². The second-order valence-corrected chi connectivity index (χ2v) is 6.65. The zero-order valence-corrected chi connectivity index (χ0v) is 16.6. The van der Waals surface area contributed by atoms with Gasteiger partial charge in [0.2, 0.25) is 0 Å². The van der Waals surface area contributed by atoms with Gasteiger partial charge in [0.15, 0.2) is 0 Å². The van der Waals surface area contributed by atoms with Crippen molar-refractivity contribution in [1.82, 2.24) is 4.90 Å². The Balaban J connectivity index is 1.72. The minimum absolute atomic E-state index is 0.276. The van der Waals surface area contributed by atoms with Gasteiger partial charge >= 0.3 is 6.03 Å². The minimum Gasteiger partial charge on any atom is -0.495 e. The fraction of sp³-hybridized carbons (Fsp3) is 0.286. The number of imide groups is 1. The normalized spacial score (nSPS) is 12.7. The Morgan fingerprint density at radius 2 is 1.76 bits per heavy atom. The number of nitrogens with one attached hydrogen (secondary N) is 2. The van der Waals surface area contributed by atoms with Crippen molar-refractivity contribution in [3.63, 3.8) is 0 Å². The van der Waals surface area contributed by atoms with Crippen molar-refractivity contribution in [3.8, 4) is 5.75 Å². The van der Waals surface area contributed by atoms with E-state index in [0.717, 1.165) is 5.56 Å². The minimum atomic E-state index is -0.484. The van der Waals surface area contributed by atoms with E-state index in [0.29, 0.717) is 35.7 Å². The largest absolute Gasteiger partial charge is 0.495 e.